The minimum atomic E-state index is -0.206. The Labute approximate surface area is 177 Å². The average molecular weight is 409 g/mol. The number of hydrogen-bond acceptors (Lipinski definition) is 4. The van der Waals surface area contributed by atoms with Crippen molar-refractivity contribution in [3.63, 3.8) is 0 Å². The maximum Gasteiger partial charge on any atom is 0.238 e. The van der Waals surface area contributed by atoms with Gasteiger partial charge in [-0.3, -0.25) is 19.3 Å². The molecule has 0 radical (unpaired) electrons. The van der Waals surface area contributed by atoms with Gasteiger partial charge in [0.15, 0.2) is 0 Å². The van der Waals surface area contributed by atoms with Gasteiger partial charge in [0.05, 0.1) is 13.1 Å². The first kappa shape index (κ1) is 21.5. The fraction of sp³-hybridized carbons (Fsp3) is 0.348. The van der Waals surface area contributed by atoms with E-state index in [1.807, 2.05) is 44.2 Å². The van der Waals surface area contributed by atoms with Crippen molar-refractivity contribution in [1.29, 1.82) is 0 Å². The molecular weight excluding hydrogens is 380 g/mol. The van der Waals surface area contributed by atoms with E-state index in [4.69, 9.17) is 0 Å². The van der Waals surface area contributed by atoms with Crippen LogP contribution in [0.4, 0.5) is 17.1 Å². The van der Waals surface area contributed by atoms with Crippen LogP contribution in [0.1, 0.15) is 24.0 Å². The van der Waals surface area contributed by atoms with Crippen LogP contribution in [0.2, 0.25) is 0 Å². The summed E-state index contributed by atoms with van der Waals surface area (Å²) < 4.78 is 0. The Morgan fingerprint density at radius 1 is 0.967 bits per heavy atom. The first-order valence-electron chi connectivity index (χ1n) is 10.1. The minimum Gasteiger partial charge on any atom is -0.325 e. The standard InChI is InChI=1S/C23H28N4O3/c1-16-6-4-7-17(2)23(16)25-21(29)15-26(3)14-20(28)24-18-9-11-19(12-10-18)27-13-5-8-22(27)30/h4,6-7,9-12H,5,8,13-15H2,1-3H3,(H,24,28)(H,25,29). The lowest BCUT2D eigenvalue weighted by molar-refractivity contribution is -0.119. The van der Waals surface area contributed by atoms with Crippen molar-refractivity contribution in [1.82, 2.24) is 4.90 Å². The highest BCUT2D eigenvalue weighted by atomic mass is 16.2. The van der Waals surface area contributed by atoms with Crippen LogP contribution in [0.3, 0.4) is 0 Å². The predicted octanol–water partition coefficient (Wildman–Crippen LogP) is 2.94. The number of hydrogen-bond donors (Lipinski definition) is 2. The summed E-state index contributed by atoms with van der Waals surface area (Å²) in [6, 6.07) is 13.1. The van der Waals surface area contributed by atoms with Crippen molar-refractivity contribution in [2.24, 2.45) is 0 Å². The van der Waals surface area contributed by atoms with E-state index >= 15 is 0 Å². The zero-order chi connectivity index (χ0) is 21.7. The van der Waals surface area contributed by atoms with Gasteiger partial charge in [0, 0.05) is 30.0 Å². The minimum absolute atomic E-state index is 0.0898. The molecule has 0 aromatic heterocycles. The van der Waals surface area contributed by atoms with Gasteiger partial charge in [0.25, 0.3) is 0 Å². The van der Waals surface area contributed by atoms with Gasteiger partial charge >= 0.3 is 0 Å². The highest BCUT2D eigenvalue weighted by molar-refractivity contribution is 5.97. The Hall–Kier alpha value is -3.19. The molecule has 1 fully saturated rings. The van der Waals surface area contributed by atoms with E-state index in [0.717, 1.165) is 35.5 Å². The summed E-state index contributed by atoms with van der Waals surface area (Å²) in [5.74, 6) is -0.239. The molecule has 0 spiro atoms. The number of nitrogens with one attached hydrogen (secondary N) is 2. The monoisotopic (exact) mass is 408 g/mol. The fourth-order valence-corrected chi connectivity index (χ4v) is 3.58. The third kappa shape index (κ3) is 5.45. The molecule has 7 nitrogen and oxygen atoms in total. The summed E-state index contributed by atoms with van der Waals surface area (Å²) in [4.78, 5) is 39.9. The number of para-hydroxylation sites is 1. The molecule has 0 saturated carbocycles. The van der Waals surface area contributed by atoms with E-state index < -0.39 is 0 Å². The second-order valence-electron chi connectivity index (χ2n) is 7.73. The van der Waals surface area contributed by atoms with Gasteiger partial charge in [0.1, 0.15) is 0 Å². The maximum absolute atomic E-state index is 12.3. The van der Waals surface area contributed by atoms with Gasteiger partial charge in [0.2, 0.25) is 17.7 Å². The average Bonchev–Trinajstić information content (AvgIpc) is 3.11. The van der Waals surface area contributed by atoms with Gasteiger partial charge in [-0.05, 0) is 62.7 Å². The Morgan fingerprint density at radius 2 is 1.57 bits per heavy atom. The molecular formula is C23H28N4O3. The lowest BCUT2D eigenvalue weighted by Gasteiger charge is -2.18. The largest absolute Gasteiger partial charge is 0.325 e. The summed E-state index contributed by atoms with van der Waals surface area (Å²) in [5, 5.41) is 5.75. The Kier molecular flexibility index (Phi) is 6.84. The molecule has 1 aliphatic heterocycles. The number of aryl methyl sites for hydroxylation is 2. The molecule has 2 aromatic carbocycles. The van der Waals surface area contributed by atoms with Crippen molar-refractivity contribution in [3.8, 4) is 0 Å². The molecule has 30 heavy (non-hydrogen) atoms. The highest BCUT2D eigenvalue weighted by Gasteiger charge is 2.21. The lowest BCUT2D eigenvalue weighted by atomic mass is 10.1. The normalized spacial score (nSPS) is 13.6. The van der Waals surface area contributed by atoms with Crippen molar-refractivity contribution in [2.45, 2.75) is 26.7 Å². The van der Waals surface area contributed by atoms with Gasteiger partial charge in [-0.25, -0.2) is 0 Å². The highest BCUT2D eigenvalue weighted by Crippen LogP contribution is 2.23. The van der Waals surface area contributed by atoms with Crippen LogP contribution in [0, 0.1) is 13.8 Å². The fourth-order valence-electron chi connectivity index (χ4n) is 3.58. The number of likely N-dealkylation sites (N-methyl/N-ethyl adjacent to an activating group) is 1. The van der Waals surface area contributed by atoms with Crippen molar-refractivity contribution < 1.29 is 14.4 Å². The smallest absolute Gasteiger partial charge is 0.238 e. The Morgan fingerprint density at radius 3 is 2.13 bits per heavy atom. The quantitative estimate of drug-likeness (QED) is 0.738. The molecule has 0 bridgehead atoms. The molecule has 1 saturated heterocycles. The van der Waals surface area contributed by atoms with Crippen LogP contribution < -0.4 is 15.5 Å². The molecule has 2 aromatic rings. The molecule has 0 unspecified atom stereocenters. The summed E-state index contributed by atoms with van der Waals surface area (Å²) >= 11 is 0. The molecule has 0 aliphatic carbocycles. The Balaban J connectivity index is 1.48. The first-order valence-corrected chi connectivity index (χ1v) is 10.1. The van der Waals surface area contributed by atoms with Gasteiger partial charge in [-0.1, -0.05) is 18.2 Å². The van der Waals surface area contributed by atoms with E-state index in [-0.39, 0.29) is 30.8 Å². The van der Waals surface area contributed by atoms with Crippen LogP contribution >= 0.6 is 0 Å². The van der Waals surface area contributed by atoms with Gasteiger partial charge in [-0.2, -0.15) is 0 Å². The number of nitrogens with zero attached hydrogens (tertiary/aromatic N) is 2. The molecule has 158 valence electrons. The molecule has 3 amide bonds. The third-order valence-electron chi connectivity index (χ3n) is 5.11. The number of rotatable bonds is 7. The molecule has 7 heteroatoms. The summed E-state index contributed by atoms with van der Waals surface area (Å²) in [6.07, 6.45) is 1.46. The zero-order valence-corrected chi connectivity index (χ0v) is 17.7. The molecule has 1 heterocycles. The van der Waals surface area contributed by atoms with Crippen LogP contribution in [0.25, 0.3) is 0 Å². The number of amides is 3. The second kappa shape index (κ2) is 9.54. The van der Waals surface area contributed by atoms with Crippen LogP contribution in [-0.4, -0.2) is 49.3 Å². The van der Waals surface area contributed by atoms with E-state index in [1.54, 1.807) is 29.0 Å². The molecule has 2 N–H and O–H groups in total. The number of benzene rings is 2. The third-order valence-corrected chi connectivity index (χ3v) is 5.11. The molecule has 0 atom stereocenters. The summed E-state index contributed by atoms with van der Waals surface area (Å²) in [7, 11) is 1.73. The van der Waals surface area contributed by atoms with Crippen LogP contribution in [0.5, 0.6) is 0 Å². The molecule has 1 aliphatic rings. The lowest BCUT2D eigenvalue weighted by Crippen LogP contribution is -2.36. The Bertz CT molecular complexity index is 920. The van der Waals surface area contributed by atoms with E-state index in [0.29, 0.717) is 12.1 Å². The maximum atomic E-state index is 12.3. The molecule has 3 rings (SSSR count). The van der Waals surface area contributed by atoms with Crippen molar-refractivity contribution in [3.05, 3.63) is 53.6 Å². The summed E-state index contributed by atoms with van der Waals surface area (Å²) in [5.41, 5.74) is 4.32. The summed E-state index contributed by atoms with van der Waals surface area (Å²) in [6.45, 7) is 4.83. The van der Waals surface area contributed by atoms with Gasteiger partial charge in [-0.15, -0.1) is 0 Å². The zero-order valence-electron chi connectivity index (χ0n) is 17.7. The van der Waals surface area contributed by atoms with E-state index in [1.165, 1.54) is 0 Å². The van der Waals surface area contributed by atoms with E-state index in [9.17, 15) is 14.4 Å². The van der Waals surface area contributed by atoms with Crippen LogP contribution in [-0.2, 0) is 14.4 Å². The van der Waals surface area contributed by atoms with Gasteiger partial charge < -0.3 is 15.5 Å². The van der Waals surface area contributed by atoms with Crippen LogP contribution in [0.15, 0.2) is 42.5 Å². The van der Waals surface area contributed by atoms with Crippen molar-refractivity contribution >= 4 is 34.8 Å². The predicted molar refractivity (Wildman–Crippen MR) is 119 cm³/mol. The second-order valence-corrected chi connectivity index (χ2v) is 7.73. The first-order chi connectivity index (χ1) is 14.3. The topological polar surface area (TPSA) is 81.8 Å². The SMILES string of the molecule is Cc1cccc(C)c1NC(=O)CN(C)CC(=O)Nc1ccc(N2CCCC2=O)cc1. The number of anilines is 3. The van der Waals surface area contributed by atoms with Crippen molar-refractivity contribution in [2.75, 3.05) is 42.2 Å². The number of carbonyl (C=O) groups excluding carboxylic acids is 3. The number of carbonyl (C=O) groups is 3. The van der Waals surface area contributed by atoms with E-state index in [2.05, 4.69) is 10.6 Å².